The number of aromatic nitrogens is 1. The quantitative estimate of drug-likeness (QED) is 0.173. The maximum atomic E-state index is 12.2. The molecule has 3 heterocycles. The summed E-state index contributed by atoms with van der Waals surface area (Å²) < 4.78 is 9.25. The number of benzene rings is 1. The highest BCUT2D eigenvalue weighted by molar-refractivity contribution is 5.97. The molecule has 1 aromatic heterocycles. The molecule has 0 amide bonds. The first-order valence-corrected chi connectivity index (χ1v) is 18.6. The number of ether oxygens (including phenoxy) is 1. The van der Waals surface area contributed by atoms with Crippen molar-refractivity contribution in [2.24, 2.45) is 28.6 Å². The van der Waals surface area contributed by atoms with E-state index in [0.717, 1.165) is 43.2 Å². The monoisotopic (exact) mass is 665 g/mol. The Kier molecular flexibility index (Phi) is 6.85. The largest absolute Gasteiger partial charge is 0.478 e. The summed E-state index contributed by atoms with van der Waals surface area (Å²) in [6.45, 7) is 24.1. The third kappa shape index (κ3) is 4.08. The fourth-order valence-electron chi connectivity index (χ4n) is 12.7. The molecule has 6 aliphatic rings. The maximum Gasteiger partial charge on any atom is 0.331 e. The minimum Gasteiger partial charge on any atom is -0.478 e. The summed E-state index contributed by atoms with van der Waals surface area (Å²) in [7, 11) is 0. The van der Waals surface area contributed by atoms with Gasteiger partial charge in [0, 0.05) is 33.4 Å². The minimum absolute atomic E-state index is 0.0913. The molecule has 1 aromatic carbocycles. The van der Waals surface area contributed by atoms with Gasteiger partial charge in [-0.2, -0.15) is 0 Å². The lowest BCUT2D eigenvalue weighted by Gasteiger charge is -2.64. The van der Waals surface area contributed by atoms with Crippen LogP contribution in [0.5, 0.6) is 0 Å². The molecule has 0 saturated heterocycles. The normalized spacial score (nSPS) is 39.7. The van der Waals surface area contributed by atoms with E-state index in [1.807, 2.05) is 6.08 Å². The van der Waals surface area contributed by atoms with Gasteiger partial charge in [-0.3, -0.25) is 0 Å². The van der Waals surface area contributed by atoms with Crippen molar-refractivity contribution >= 4 is 22.4 Å². The Morgan fingerprint density at radius 1 is 1.02 bits per heavy atom. The van der Waals surface area contributed by atoms with E-state index in [0.29, 0.717) is 17.9 Å². The fraction of sp³-hybridized carbons (Fsp3) is 0.605. The Bertz CT molecular complexity index is 1940. The van der Waals surface area contributed by atoms with Crippen LogP contribution in [0, 0.1) is 28.6 Å². The summed E-state index contributed by atoms with van der Waals surface area (Å²) in [5.74, 6) is -0.317. The van der Waals surface area contributed by atoms with E-state index in [4.69, 9.17) is 4.74 Å². The van der Waals surface area contributed by atoms with Gasteiger partial charge in [0.05, 0.1) is 35.0 Å². The smallest absolute Gasteiger partial charge is 0.331 e. The lowest BCUT2D eigenvalue weighted by atomic mass is 9.40. The number of hydrogen-bond acceptors (Lipinski definition) is 4. The number of aliphatic carboxylic acids is 1. The van der Waals surface area contributed by atoms with Crippen LogP contribution in [0.25, 0.3) is 16.5 Å². The third-order valence-electron chi connectivity index (χ3n) is 14.9. The predicted molar refractivity (Wildman–Crippen MR) is 194 cm³/mol. The van der Waals surface area contributed by atoms with E-state index >= 15 is 0 Å². The van der Waals surface area contributed by atoms with E-state index in [1.54, 1.807) is 13.0 Å². The van der Waals surface area contributed by atoms with Crippen LogP contribution in [0.4, 0.5) is 0 Å². The number of aliphatic hydroxyl groups is 2. The second-order valence-corrected chi connectivity index (χ2v) is 18.4. The number of fused-ring (bicyclic) bond motifs is 11. The van der Waals surface area contributed by atoms with Crippen LogP contribution in [0.3, 0.4) is 0 Å². The average Bonchev–Trinajstić information content (AvgIpc) is 3.70. The first-order valence-electron chi connectivity index (χ1n) is 18.6. The number of nitrogens with zero attached hydrogens (tertiary/aromatic N) is 1. The van der Waals surface area contributed by atoms with Crippen molar-refractivity contribution in [1.29, 1.82) is 0 Å². The van der Waals surface area contributed by atoms with Gasteiger partial charge in [-0.05, 0) is 137 Å². The van der Waals surface area contributed by atoms with Crippen LogP contribution in [-0.4, -0.2) is 43.2 Å². The van der Waals surface area contributed by atoms with Crippen LogP contribution in [0.2, 0.25) is 0 Å². The van der Waals surface area contributed by atoms with Gasteiger partial charge >= 0.3 is 5.97 Å². The summed E-state index contributed by atoms with van der Waals surface area (Å²) >= 11 is 0. The van der Waals surface area contributed by atoms with Gasteiger partial charge in [-0.1, -0.05) is 51.2 Å². The lowest BCUT2D eigenvalue weighted by Crippen LogP contribution is -2.62. The molecule has 2 aliphatic heterocycles. The molecule has 262 valence electrons. The zero-order valence-electron chi connectivity index (χ0n) is 30.9. The average molecular weight is 666 g/mol. The molecule has 2 fully saturated rings. The summed E-state index contributed by atoms with van der Waals surface area (Å²) in [5, 5.41) is 34.6. The number of carboxylic acids is 1. The molecule has 6 nitrogen and oxygen atoms in total. The molecule has 4 aliphatic carbocycles. The highest BCUT2D eigenvalue weighted by Gasteiger charge is 2.67. The molecular formula is C43H55NO5. The zero-order valence-corrected chi connectivity index (χ0v) is 30.9. The number of carbonyl (C=O) groups is 1. The second kappa shape index (κ2) is 10.1. The zero-order chi connectivity index (χ0) is 35.4. The summed E-state index contributed by atoms with van der Waals surface area (Å²) in [6, 6.07) is 2.56. The summed E-state index contributed by atoms with van der Waals surface area (Å²) in [4.78, 5) is 11.5. The predicted octanol–water partition coefficient (Wildman–Crippen LogP) is 8.54. The van der Waals surface area contributed by atoms with Crippen LogP contribution < -0.4 is 0 Å². The molecule has 0 unspecified atom stereocenters. The van der Waals surface area contributed by atoms with Crippen LogP contribution in [0.15, 0.2) is 48.1 Å². The van der Waals surface area contributed by atoms with Gasteiger partial charge in [0.2, 0.25) is 0 Å². The number of aliphatic hydroxyl groups excluding tert-OH is 2. The van der Waals surface area contributed by atoms with Gasteiger partial charge in [-0.25, -0.2) is 4.79 Å². The van der Waals surface area contributed by atoms with Crippen molar-refractivity contribution in [3.05, 3.63) is 76.0 Å². The number of carboxylic acid groups (broad SMARTS) is 1. The van der Waals surface area contributed by atoms with Gasteiger partial charge in [0.15, 0.2) is 0 Å². The van der Waals surface area contributed by atoms with Crippen LogP contribution in [0.1, 0.15) is 128 Å². The molecule has 0 bridgehead atoms. The minimum atomic E-state index is -0.922. The number of rotatable bonds is 4. The Hall–Kier alpha value is -2.93. The Labute approximate surface area is 291 Å². The number of allylic oxidation sites excluding steroid dienone is 3. The van der Waals surface area contributed by atoms with E-state index in [9.17, 15) is 20.1 Å². The molecule has 6 heteroatoms. The SMILES string of the molecule is C=C(C)[C@H]1Cc2c3c(cc4c5c(n1c24)[C@@]1(C)[C@@H](CC[C@H]2[C@](C)(C=CC=C(C)C(=O)O)[C@@H](O)CC[C@@]21C)C5)C1=CC(C)(C)OC(C)(C)[C@H]1[C@@H]3O. The second-order valence-electron chi connectivity index (χ2n) is 18.4. The van der Waals surface area contributed by atoms with Gasteiger partial charge in [-0.15, -0.1) is 0 Å². The van der Waals surface area contributed by atoms with E-state index in [1.165, 1.54) is 38.9 Å². The van der Waals surface area contributed by atoms with Crippen LogP contribution >= 0.6 is 0 Å². The molecule has 0 radical (unpaired) electrons. The lowest BCUT2D eigenvalue weighted by molar-refractivity contribution is -0.145. The van der Waals surface area contributed by atoms with Gasteiger partial charge in [0.25, 0.3) is 0 Å². The Morgan fingerprint density at radius 3 is 2.41 bits per heavy atom. The standard InChI is InChI=1S/C43H55NO5/c1-22(2)30-20-28-33-25(29-21-39(4,5)49-40(6,7)34(29)36(33)46)19-26-27-18-24-13-14-31-41(8,16-11-12-23(3)38(47)48)32(45)15-17-42(31,9)43(24,10)37(27)44(30)35(26)28/h11-12,16,19,21,24,30-32,34,36,45-46H,1,13-15,17-18,20H2,2-10H3,(H,47,48)/t24-,30+,31-,32-,34+,36+,41-,42-,43+/m0/s1. The topological polar surface area (TPSA) is 91.9 Å². The third-order valence-corrected chi connectivity index (χ3v) is 14.9. The van der Waals surface area contributed by atoms with E-state index < -0.39 is 34.8 Å². The van der Waals surface area contributed by atoms with Crippen molar-refractivity contribution in [2.75, 3.05) is 0 Å². The Balaban J connectivity index is 1.34. The first-order chi connectivity index (χ1) is 22.8. The summed E-state index contributed by atoms with van der Waals surface area (Å²) in [6.07, 6.45) is 12.5. The molecule has 2 saturated carbocycles. The molecule has 3 N–H and O–H groups in total. The highest BCUT2D eigenvalue weighted by Crippen LogP contribution is 2.71. The van der Waals surface area contributed by atoms with Crippen molar-refractivity contribution in [3.8, 4) is 0 Å². The molecular weight excluding hydrogens is 610 g/mol. The molecule has 0 spiro atoms. The maximum absolute atomic E-state index is 12.2. The van der Waals surface area contributed by atoms with Gasteiger partial charge < -0.3 is 24.6 Å². The van der Waals surface area contributed by atoms with Crippen molar-refractivity contribution in [1.82, 2.24) is 4.57 Å². The Morgan fingerprint density at radius 2 is 1.73 bits per heavy atom. The molecule has 8 rings (SSSR count). The molecule has 9 atom stereocenters. The summed E-state index contributed by atoms with van der Waals surface area (Å²) in [5.41, 5.74) is 8.86. The molecule has 49 heavy (non-hydrogen) atoms. The first kappa shape index (κ1) is 33.2. The van der Waals surface area contributed by atoms with Crippen molar-refractivity contribution in [3.63, 3.8) is 0 Å². The fourth-order valence-corrected chi connectivity index (χ4v) is 12.7. The van der Waals surface area contributed by atoms with Crippen molar-refractivity contribution < 1.29 is 24.9 Å². The van der Waals surface area contributed by atoms with Crippen molar-refractivity contribution in [2.45, 2.75) is 136 Å². The highest BCUT2D eigenvalue weighted by atomic mass is 16.5. The molecule has 2 aromatic rings. The van der Waals surface area contributed by atoms with E-state index in [2.05, 4.69) is 84.8 Å². The van der Waals surface area contributed by atoms with Crippen LogP contribution in [-0.2, 0) is 27.8 Å². The van der Waals surface area contributed by atoms with Gasteiger partial charge in [0.1, 0.15) is 0 Å². The number of hydrogen-bond donors (Lipinski definition) is 3. The van der Waals surface area contributed by atoms with E-state index in [-0.39, 0.29) is 28.7 Å².